The molecule has 0 bridgehead atoms. The van der Waals surface area contributed by atoms with Crippen molar-refractivity contribution in [1.82, 2.24) is 10.2 Å². The van der Waals surface area contributed by atoms with E-state index in [1.54, 1.807) is 0 Å². The van der Waals surface area contributed by atoms with E-state index in [1.165, 1.54) is 32.1 Å². The summed E-state index contributed by atoms with van der Waals surface area (Å²) in [4.78, 5) is 2.58. The lowest BCUT2D eigenvalue weighted by molar-refractivity contribution is 0.101. The minimum atomic E-state index is 0. The molecule has 1 saturated carbocycles. The summed E-state index contributed by atoms with van der Waals surface area (Å²) in [6.45, 7) is 4.27. The van der Waals surface area contributed by atoms with Crippen LogP contribution in [0.3, 0.4) is 0 Å². The highest BCUT2D eigenvalue weighted by Gasteiger charge is 2.32. The molecule has 3 rings (SSSR count). The summed E-state index contributed by atoms with van der Waals surface area (Å²) in [6.07, 6.45) is 6.64. The molecule has 1 saturated heterocycles. The van der Waals surface area contributed by atoms with Crippen molar-refractivity contribution in [2.45, 2.75) is 38.1 Å². The summed E-state index contributed by atoms with van der Waals surface area (Å²) < 4.78 is 0.950. The standard InChI is InChI=1S/C17H25BrN2O.2ClH/c18-14-6-7-15(16(21)12-14)17(13-4-2-1-3-5-13)20-10-8-19-9-11-20;;/h6-7,12-13,17,19,21H,1-5,8-11H2;2*1H/t17-;;/m1../s1. The van der Waals surface area contributed by atoms with Crippen molar-refractivity contribution in [3.63, 3.8) is 0 Å². The van der Waals surface area contributed by atoms with Crippen molar-refractivity contribution in [3.05, 3.63) is 28.2 Å². The first-order valence-electron chi connectivity index (χ1n) is 8.19. The third-order valence-corrected chi connectivity index (χ3v) is 5.45. The summed E-state index contributed by atoms with van der Waals surface area (Å²) in [7, 11) is 0. The van der Waals surface area contributed by atoms with Crippen molar-refractivity contribution in [2.24, 2.45) is 5.92 Å². The lowest BCUT2D eigenvalue weighted by atomic mass is 9.80. The maximum Gasteiger partial charge on any atom is 0.121 e. The Kier molecular flexibility index (Phi) is 9.24. The van der Waals surface area contributed by atoms with Crippen LogP contribution < -0.4 is 5.32 Å². The predicted molar refractivity (Wildman–Crippen MR) is 104 cm³/mol. The van der Waals surface area contributed by atoms with Crippen LogP contribution in [0.25, 0.3) is 0 Å². The van der Waals surface area contributed by atoms with Crippen LogP contribution in [0, 0.1) is 5.92 Å². The monoisotopic (exact) mass is 424 g/mol. The number of hydrogen-bond donors (Lipinski definition) is 2. The maximum atomic E-state index is 10.5. The maximum absolute atomic E-state index is 10.5. The van der Waals surface area contributed by atoms with Gasteiger partial charge in [0.2, 0.25) is 0 Å². The molecule has 2 aliphatic rings. The predicted octanol–water partition coefficient (Wildman–Crippen LogP) is 4.52. The average Bonchev–Trinajstić information content (AvgIpc) is 2.52. The normalized spacial score (nSPS) is 21.1. The Hall–Kier alpha value is -0.0000000000000000971. The first kappa shape index (κ1) is 21.0. The second-order valence-corrected chi connectivity index (χ2v) is 7.25. The zero-order valence-corrected chi connectivity index (χ0v) is 16.6. The third kappa shape index (κ3) is 5.23. The number of piperazine rings is 1. The van der Waals surface area contributed by atoms with Gasteiger partial charge in [-0.25, -0.2) is 0 Å². The minimum Gasteiger partial charge on any atom is -0.508 e. The lowest BCUT2D eigenvalue weighted by Gasteiger charge is -2.41. The van der Waals surface area contributed by atoms with Gasteiger partial charge >= 0.3 is 0 Å². The van der Waals surface area contributed by atoms with Crippen LogP contribution in [0.1, 0.15) is 43.7 Å². The van der Waals surface area contributed by atoms with Gasteiger partial charge < -0.3 is 10.4 Å². The Morgan fingerprint density at radius 1 is 1.09 bits per heavy atom. The van der Waals surface area contributed by atoms with Gasteiger partial charge in [0.1, 0.15) is 5.75 Å². The van der Waals surface area contributed by atoms with E-state index in [-0.39, 0.29) is 24.8 Å². The Labute approximate surface area is 160 Å². The molecular weight excluding hydrogens is 399 g/mol. The number of nitrogens with one attached hydrogen (secondary N) is 1. The molecule has 0 radical (unpaired) electrons. The van der Waals surface area contributed by atoms with Crippen LogP contribution in [0.4, 0.5) is 0 Å². The second kappa shape index (κ2) is 10.1. The van der Waals surface area contributed by atoms with Crippen molar-refractivity contribution in [2.75, 3.05) is 26.2 Å². The van der Waals surface area contributed by atoms with Crippen LogP contribution in [-0.2, 0) is 0 Å². The Balaban J connectivity index is 0.00000132. The fourth-order valence-corrected chi connectivity index (χ4v) is 4.27. The van der Waals surface area contributed by atoms with Gasteiger partial charge in [-0.1, -0.05) is 41.3 Å². The number of phenols is 1. The zero-order chi connectivity index (χ0) is 14.7. The molecule has 1 atom stereocenters. The van der Waals surface area contributed by atoms with Crippen LogP contribution in [-0.4, -0.2) is 36.2 Å². The van der Waals surface area contributed by atoms with E-state index in [0.717, 1.165) is 36.2 Å². The van der Waals surface area contributed by atoms with Crippen LogP contribution in [0.5, 0.6) is 5.75 Å². The largest absolute Gasteiger partial charge is 0.508 e. The number of halogens is 3. The van der Waals surface area contributed by atoms with E-state index >= 15 is 0 Å². The molecule has 1 aromatic carbocycles. The number of aromatic hydroxyl groups is 1. The summed E-state index contributed by atoms with van der Waals surface area (Å²) in [5.41, 5.74) is 1.12. The van der Waals surface area contributed by atoms with E-state index < -0.39 is 0 Å². The Bertz CT molecular complexity index is 460. The lowest BCUT2D eigenvalue weighted by Crippen LogP contribution is -2.47. The van der Waals surface area contributed by atoms with Crippen molar-refractivity contribution in [3.8, 4) is 5.75 Å². The number of benzene rings is 1. The van der Waals surface area contributed by atoms with Crippen LogP contribution >= 0.6 is 40.7 Å². The summed E-state index contributed by atoms with van der Waals surface area (Å²) >= 11 is 3.45. The quantitative estimate of drug-likeness (QED) is 0.746. The first-order chi connectivity index (χ1) is 10.3. The van der Waals surface area contributed by atoms with Gasteiger partial charge in [0.15, 0.2) is 0 Å². The van der Waals surface area contributed by atoms with Gasteiger partial charge in [-0.15, -0.1) is 24.8 Å². The molecule has 0 spiro atoms. The molecule has 23 heavy (non-hydrogen) atoms. The molecule has 3 nitrogen and oxygen atoms in total. The van der Waals surface area contributed by atoms with Crippen LogP contribution in [0.2, 0.25) is 0 Å². The van der Waals surface area contributed by atoms with E-state index in [2.05, 4.69) is 38.3 Å². The smallest absolute Gasteiger partial charge is 0.121 e. The topological polar surface area (TPSA) is 35.5 Å². The molecule has 6 heteroatoms. The van der Waals surface area contributed by atoms with Gasteiger partial charge in [-0.05, 0) is 30.9 Å². The van der Waals surface area contributed by atoms with Gasteiger partial charge in [0, 0.05) is 42.3 Å². The third-order valence-electron chi connectivity index (χ3n) is 4.95. The molecule has 2 fully saturated rings. The van der Waals surface area contributed by atoms with Gasteiger partial charge in [-0.2, -0.15) is 0 Å². The van der Waals surface area contributed by atoms with Crippen molar-refractivity contribution < 1.29 is 5.11 Å². The number of nitrogens with zero attached hydrogens (tertiary/aromatic N) is 1. The SMILES string of the molecule is Cl.Cl.Oc1cc(Br)ccc1[C@@H](C1CCCCC1)N1CCNCC1. The van der Waals surface area contributed by atoms with Crippen molar-refractivity contribution in [1.29, 1.82) is 0 Å². The molecular formula is C17H27BrCl2N2O. The molecule has 1 aromatic rings. The average molecular weight is 426 g/mol. The summed E-state index contributed by atoms with van der Waals surface area (Å²) in [5.74, 6) is 1.13. The van der Waals surface area contributed by atoms with Gasteiger partial charge in [0.05, 0.1) is 0 Å². The molecule has 0 unspecified atom stereocenters. The highest BCUT2D eigenvalue weighted by Crippen LogP contribution is 2.42. The molecule has 132 valence electrons. The van der Waals surface area contributed by atoms with Gasteiger partial charge in [0.25, 0.3) is 0 Å². The van der Waals surface area contributed by atoms with Crippen LogP contribution in [0.15, 0.2) is 22.7 Å². The fourth-order valence-electron chi connectivity index (χ4n) is 3.93. The van der Waals surface area contributed by atoms with Crippen molar-refractivity contribution >= 4 is 40.7 Å². The minimum absolute atomic E-state index is 0. The number of hydrogen-bond acceptors (Lipinski definition) is 3. The highest BCUT2D eigenvalue weighted by molar-refractivity contribution is 9.10. The van der Waals surface area contributed by atoms with E-state index in [4.69, 9.17) is 0 Å². The summed E-state index contributed by atoms with van der Waals surface area (Å²) in [6, 6.07) is 6.39. The van der Waals surface area contributed by atoms with E-state index in [0.29, 0.717) is 17.7 Å². The van der Waals surface area contributed by atoms with Gasteiger partial charge in [-0.3, -0.25) is 4.90 Å². The van der Waals surface area contributed by atoms with E-state index in [1.807, 2.05) is 6.07 Å². The number of rotatable bonds is 3. The summed E-state index contributed by atoms with van der Waals surface area (Å²) in [5, 5.41) is 13.9. The zero-order valence-electron chi connectivity index (χ0n) is 13.3. The molecule has 1 aliphatic carbocycles. The molecule has 0 amide bonds. The number of phenolic OH excluding ortho intramolecular Hbond substituents is 1. The molecule has 1 aliphatic heterocycles. The highest BCUT2D eigenvalue weighted by atomic mass is 79.9. The first-order valence-corrected chi connectivity index (χ1v) is 8.98. The second-order valence-electron chi connectivity index (χ2n) is 6.33. The molecule has 2 N–H and O–H groups in total. The Morgan fingerprint density at radius 2 is 1.74 bits per heavy atom. The Morgan fingerprint density at radius 3 is 2.35 bits per heavy atom. The molecule has 0 aromatic heterocycles. The van der Waals surface area contributed by atoms with E-state index in [9.17, 15) is 5.11 Å². The fraction of sp³-hybridized carbons (Fsp3) is 0.647. The molecule has 1 heterocycles.